The van der Waals surface area contributed by atoms with Crippen LogP contribution in [-0.2, 0) is 0 Å². The zero-order chi connectivity index (χ0) is 13.6. The molecule has 5 N–H and O–H groups in total. The van der Waals surface area contributed by atoms with E-state index in [0.29, 0.717) is 11.4 Å². The molecule has 19 heavy (non-hydrogen) atoms. The number of nitrogen functional groups attached to an aromatic ring is 2. The van der Waals surface area contributed by atoms with Gasteiger partial charge in [-0.15, -0.1) is 0 Å². The molecule has 0 saturated carbocycles. The number of nitrogens with two attached hydrogens (primary N) is 2. The lowest BCUT2D eigenvalue weighted by molar-refractivity contribution is 1.33. The van der Waals surface area contributed by atoms with E-state index in [1.165, 1.54) is 5.56 Å². The molecule has 96 valence electrons. The van der Waals surface area contributed by atoms with Crippen LogP contribution in [0.25, 0.3) is 22.4 Å². The lowest BCUT2D eigenvalue weighted by Crippen LogP contribution is -1.97. The number of aromatic nitrogens is 2. The van der Waals surface area contributed by atoms with E-state index < -0.39 is 0 Å². The highest BCUT2D eigenvalue weighted by Crippen LogP contribution is 2.28. The predicted molar refractivity (Wildman–Crippen MR) is 79.8 cm³/mol. The molecule has 0 fully saturated rings. The van der Waals surface area contributed by atoms with Crippen LogP contribution in [0.15, 0.2) is 30.3 Å². The first kappa shape index (κ1) is 11.6. The summed E-state index contributed by atoms with van der Waals surface area (Å²) in [5.41, 5.74) is 18.3. The number of fused-ring (bicyclic) bond motifs is 1. The number of hydrogen-bond donors (Lipinski definition) is 3. The summed E-state index contributed by atoms with van der Waals surface area (Å²) in [7, 11) is 0. The summed E-state index contributed by atoms with van der Waals surface area (Å²) in [6, 6.07) is 9.93. The Bertz CT molecular complexity index is 748. The molecular formula is C15H16N4. The van der Waals surface area contributed by atoms with Gasteiger partial charge in [0.1, 0.15) is 5.82 Å². The van der Waals surface area contributed by atoms with E-state index >= 15 is 0 Å². The maximum Gasteiger partial charge on any atom is 0.138 e. The number of imidazole rings is 1. The van der Waals surface area contributed by atoms with Crippen molar-refractivity contribution >= 4 is 22.4 Å². The predicted octanol–water partition coefficient (Wildman–Crippen LogP) is 3.01. The monoisotopic (exact) mass is 252 g/mol. The lowest BCUT2D eigenvalue weighted by atomic mass is 10.1. The van der Waals surface area contributed by atoms with Crippen LogP contribution in [0, 0.1) is 13.8 Å². The summed E-state index contributed by atoms with van der Waals surface area (Å²) >= 11 is 0. The van der Waals surface area contributed by atoms with Gasteiger partial charge < -0.3 is 16.5 Å². The van der Waals surface area contributed by atoms with Gasteiger partial charge in [0.2, 0.25) is 0 Å². The van der Waals surface area contributed by atoms with Gasteiger partial charge in [0.15, 0.2) is 0 Å². The molecule has 4 heteroatoms. The van der Waals surface area contributed by atoms with Crippen molar-refractivity contribution in [1.82, 2.24) is 9.97 Å². The van der Waals surface area contributed by atoms with Gasteiger partial charge in [-0.25, -0.2) is 4.98 Å². The maximum atomic E-state index is 5.96. The van der Waals surface area contributed by atoms with Crippen LogP contribution in [0.5, 0.6) is 0 Å². The number of H-pyrrole nitrogens is 1. The molecule has 0 bridgehead atoms. The quantitative estimate of drug-likeness (QED) is 0.582. The third-order valence-corrected chi connectivity index (χ3v) is 3.40. The minimum absolute atomic E-state index is 0.687. The summed E-state index contributed by atoms with van der Waals surface area (Å²) in [5.74, 6) is 0.791. The Labute approximate surface area is 111 Å². The SMILES string of the molecule is Cc1ccc2nc(-c3cc(N)c(C)c(N)c3)[nH]c2c1. The average Bonchev–Trinajstić information content (AvgIpc) is 2.78. The number of hydrogen-bond acceptors (Lipinski definition) is 3. The second-order valence-electron chi connectivity index (χ2n) is 4.89. The fourth-order valence-corrected chi connectivity index (χ4v) is 2.16. The Morgan fingerprint density at radius 2 is 1.68 bits per heavy atom. The molecule has 0 aliphatic rings. The van der Waals surface area contributed by atoms with Crippen molar-refractivity contribution < 1.29 is 0 Å². The molecule has 0 radical (unpaired) electrons. The standard InChI is InChI=1S/C15H16N4/c1-8-3-4-13-14(5-8)19-15(18-13)10-6-11(16)9(2)12(17)7-10/h3-7H,16-17H2,1-2H3,(H,18,19). The Hall–Kier alpha value is -2.49. The lowest BCUT2D eigenvalue weighted by Gasteiger charge is -2.06. The smallest absolute Gasteiger partial charge is 0.138 e. The van der Waals surface area contributed by atoms with Gasteiger partial charge in [-0.1, -0.05) is 6.07 Å². The van der Waals surface area contributed by atoms with Gasteiger partial charge >= 0.3 is 0 Å². The van der Waals surface area contributed by atoms with Crippen LogP contribution in [0.3, 0.4) is 0 Å². The number of nitrogens with one attached hydrogen (secondary N) is 1. The van der Waals surface area contributed by atoms with Gasteiger partial charge in [0.05, 0.1) is 11.0 Å². The van der Waals surface area contributed by atoms with Crippen molar-refractivity contribution in [3.8, 4) is 11.4 Å². The van der Waals surface area contributed by atoms with Gasteiger partial charge in [0.25, 0.3) is 0 Å². The summed E-state index contributed by atoms with van der Waals surface area (Å²) in [4.78, 5) is 7.87. The maximum absolute atomic E-state index is 5.96. The molecule has 3 rings (SSSR count). The van der Waals surface area contributed by atoms with Gasteiger partial charge in [0, 0.05) is 16.9 Å². The number of benzene rings is 2. The number of rotatable bonds is 1. The van der Waals surface area contributed by atoms with E-state index in [0.717, 1.165) is 28.0 Å². The summed E-state index contributed by atoms with van der Waals surface area (Å²) in [5, 5.41) is 0. The van der Waals surface area contributed by atoms with E-state index in [9.17, 15) is 0 Å². The van der Waals surface area contributed by atoms with Crippen molar-refractivity contribution in [2.75, 3.05) is 11.5 Å². The topological polar surface area (TPSA) is 80.7 Å². The second kappa shape index (κ2) is 4.02. The highest BCUT2D eigenvalue weighted by molar-refractivity contribution is 5.82. The molecule has 0 amide bonds. The largest absolute Gasteiger partial charge is 0.398 e. The molecule has 4 nitrogen and oxygen atoms in total. The average molecular weight is 252 g/mol. The highest BCUT2D eigenvalue weighted by Gasteiger charge is 2.08. The van der Waals surface area contributed by atoms with Crippen LogP contribution in [0.2, 0.25) is 0 Å². The molecule has 0 aliphatic heterocycles. The first-order chi connectivity index (χ1) is 9.04. The first-order valence-electron chi connectivity index (χ1n) is 6.17. The molecule has 1 heterocycles. The van der Waals surface area contributed by atoms with E-state index in [-0.39, 0.29) is 0 Å². The normalized spacial score (nSPS) is 11.1. The van der Waals surface area contributed by atoms with Gasteiger partial charge in [-0.2, -0.15) is 0 Å². The van der Waals surface area contributed by atoms with E-state index in [1.807, 2.05) is 31.2 Å². The van der Waals surface area contributed by atoms with Crippen LogP contribution in [0.4, 0.5) is 11.4 Å². The van der Waals surface area contributed by atoms with Crippen molar-refractivity contribution in [3.63, 3.8) is 0 Å². The molecular weight excluding hydrogens is 236 g/mol. The first-order valence-corrected chi connectivity index (χ1v) is 6.17. The minimum Gasteiger partial charge on any atom is -0.398 e. The molecule has 0 saturated heterocycles. The van der Waals surface area contributed by atoms with Crippen LogP contribution >= 0.6 is 0 Å². The summed E-state index contributed by atoms with van der Waals surface area (Å²) in [6.45, 7) is 3.97. The summed E-state index contributed by atoms with van der Waals surface area (Å²) < 4.78 is 0. The molecule has 1 aromatic heterocycles. The van der Waals surface area contributed by atoms with E-state index in [2.05, 4.69) is 23.0 Å². The molecule has 2 aromatic carbocycles. The van der Waals surface area contributed by atoms with Crippen LogP contribution in [-0.4, -0.2) is 9.97 Å². The van der Waals surface area contributed by atoms with E-state index in [1.54, 1.807) is 0 Å². The Balaban J connectivity index is 2.19. The molecule has 0 aliphatic carbocycles. The van der Waals surface area contributed by atoms with Crippen LogP contribution in [0.1, 0.15) is 11.1 Å². The molecule has 3 aromatic rings. The number of anilines is 2. The van der Waals surface area contributed by atoms with Crippen molar-refractivity contribution in [1.29, 1.82) is 0 Å². The highest BCUT2D eigenvalue weighted by atomic mass is 14.9. The fourth-order valence-electron chi connectivity index (χ4n) is 2.16. The molecule has 0 spiro atoms. The Morgan fingerprint density at radius 1 is 1.00 bits per heavy atom. The third-order valence-electron chi connectivity index (χ3n) is 3.40. The molecule has 0 atom stereocenters. The molecule has 0 unspecified atom stereocenters. The minimum atomic E-state index is 0.687. The summed E-state index contributed by atoms with van der Waals surface area (Å²) in [6.07, 6.45) is 0. The number of aryl methyl sites for hydroxylation is 1. The number of nitrogens with zero attached hydrogens (tertiary/aromatic N) is 1. The van der Waals surface area contributed by atoms with Gasteiger partial charge in [-0.05, 0) is 49.2 Å². The van der Waals surface area contributed by atoms with Crippen molar-refractivity contribution in [2.24, 2.45) is 0 Å². The fraction of sp³-hybridized carbons (Fsp3) is 0.133. The van der Waals surface area contributed by atoms with Crippen molar-refractivity contribution in [2.45, 2.75) is 13.8 Å². The Kier molecular flexibility index (Phi) is 2.45. The second-order valence-corrected chi connectivity index (χ2v) is 4.89. The van der Waals surface area contributed by atoms with Gasteiger partial charge in [-0.3, -0.25) is 0 Å². The van der Waals surface area contributed by atoms with E-state index in [4.69, 9.17) is 11.5 Å². The van der Waals surface area contributed by atoms with Crippen molar-refractivity contribution in [3.05, 3.63) is 41.5 Å². The number of aromatic amines is 1. The third kappa shape index (κ3) is 1.91. The van der Waals surface area contributed by atoms with Crippen LogP contribution < -0.4 is 11.5 Å². The zero-order valence-corrected chi connectivity index (χ0v) is 11.0. The Morgan fingerprint density at radius 3 is 2.37 bits per heavy atom. The zero-order valence-electron chi connectivity index (χ0n) is 11.0.